The van der Waals surface area contributed by atoms with E-state index in [1.54, 1.807) is 0 Å². The molecule has 0 amide bonds. The Morgan fingerprint density at radius 3 is 2.09 bits per heavy atom. The third-order valence-corrected chi connectivity index (χ3v) is 3.49. The first-order valence-corrected chi connectivity index (χ1v) is 5.08. The molecule has 1 heterocycles. The maximum Gasteiger partial charge on any atom is 0.107 e. The van der Waals surface area contributed by atoms with E-state index >= 15 is 0 Å². The molecule has 0 aromatic rings. The summed E-state index contributed by atoms with van der Waals surface area (Å²) in [5.74, 6) is 0.847. The van der Waals surface area contributed by atoms with E-state index in [1.807, 2.05) is 0 Å². The second-order valence-electron chi connectivity index (χ2n) is 4.72. The molecule has 1 aliphatic heterocycles. The third-order valence-electron chi connectivity index (χ3n) is 2.62. The molecule has 1 fully saturated rings. The molecule has 3 atom stereocenters. The molecule has 0 spiro atoms. The lowest BCUT2D eigenvalue weighted by atomic mass is 9.86. The van der Waals surface area contributed by atoms with Gasteiger partial charge in [-0.25, -0.2) is 0 Å². The van der Waals surface area contributed by atoms with Gasteiger partial charge in [-0.1, -0.05) is 0 Å². The molecule has 0 aromatic heterocycles. The molecule has 0 aromatic carbocycles. The average molecular weight is 171 g/mol. The van der Waals surface area contributed by atoms with Crippen molar-refractivity contribution in [1.29, 1.82) is 0 Å². The lowest BCUT2D eigenvalue weighted by Crippen LogP contribution is -2.39. The van der Waals surface area contributed by atoms with Gasteiger partial charge in [-0.3, -0.25) is 4.90 Å². The molecule has 1 saturated heterocycles. The van der Waals surface area contributed by atoms with Gasteiger partial charge >= 0.3 is 0 Å². The van der Waals surface area contributed by atoms with Crippen LogP contribution in [0, 0.1) is 0 Å². The second kappa shape index (κ2) is 3.07. The molecular formula is C8H19BNP. The summed E-state index contributed by atoms with van der Waals surface area (Å²) >= 11 is 0. The Kier molecular flexibility index (Phi) is 2.66. The highest BCUT2D eigenvalue weighted by Crippen LogP contribution is 2.30. The van der Waals surface area contributed by atoms with E-state index in [4.69, 9.17) is 0 Å². The first kappa shape index (κ1) is 9.54. The van der Waals surface area contributed by atoms with Crippen LogP contribution in [-0.2, 0) is 0 Å². The Hall–Kier alpha value is 0.455. The summed E-state index contributed by atoms with van der Waals surface area (Å²) in [6.07, 6.45) is 0. The minimum absolute atomic E-state index is 0.361. The number of rotatable bonds is 0. The molecule has 1 rings (SSSR count). The van der Waals surface area contributed by atoms with Crippen molar-refractivity contribution in [1.82, 2.24) is 4.90 Å². The Morgan fingerprint density at radius 1 is 1.36 bits per heavy atom. The molecule has 11 heavy (non-hydrogen) atoms. The number of likely N-dealkylation sites (tertiary alicyclic amines) is 1. The van der Waals surface area contributed by atoms with Crippen LogP contribution < -0.4 is 0 Å². The summed E-state index contributed by atoms with van der Waals surface area (Å²) in [5, 5.41) is 0. The zero-order valence-corrected chi connectivity index (χ0v) is 9.25. The van der Waals surface area contributed by atoms with Gasteiger partial charge < -0.3 is 0 Å². The first-order valence-electron chi connectivity index (χ1n) is 4.42. The van der Waals surface area contributed by atoms with Gasteiger partial charge in [0.25, 0.3) is 0 Å². The molecule has 64 valence electrons. The maximum absolute atomic E-state index is 2.95. The van der Waals surface area contributed by atoms with E-state index < -0.39 is 0 Å². The largest absolute Gasteiger partial charge is 0.298 e. The van der Waals surface area contributed by atoms with E-state index in [0.29, 0.717) is 5.54 Å². The van der Waals surface area contributed by atoms with Crippen LogP contribution in [0.2, 0.25) is 5.82 Å². The van der Waals surface area contributed by atoms with Gasteiger partial charge in [0.15, 0.2) is 0 Å². The highest BCUT2D eigenvalue weighted by molar-refractivity contribution is 7.18. The lowest BCUT2D eigenvalue weighted by Gasteiger charge is -2.31. The highest BCUT2D eigenvalue weighted by Gasteiger charge is 2.32. The van der Waals surface area contributed by atoms with Crippen LogP contribution in [0.1, 0.15) is 20.8 Å². The summed E-state index contributed by atoms with van der Waals surface area (Å²) in [6, 6.07) is 0. The van der Waals surface area contributed by atoms with E-state index in [2.05, 4.69) is 42.8 Å². The minimum Gasteiger partial charge on any atom is -0.298 e. The second-order valence-corrected chi connectivity index (χ2v) is 5.57. The molecular weight excluding hydrogens is 152 g/mol. The van der Waals surface area contributed by atoms with Crippen LogP contribution >= 0.6 is 9.24 Å². The molecule has 0 radical (unpaired) electrons. The van der Waals surface area contributed by atoms with Crippen molar-refractivity contribution in [2.24, 2.45) is 0 Å². The predicted octanol–water partition coefficient (Wildman–Crippen LogP) is 0.766. The Bertz CT molecular complexity index is 134. The summed E-state index contributed by atoms with van der Waals surface area (Å²) in [7, 11) is 5.29. The molecule has 1 nitrogen and oxygen atoms in total. The van der Waals surface area contributed by atoms with Crippen LogP contribution in [0.25, 0.3) is 0 Å². The van der Waals surface area contributed by atoms with Crippen LogP contribution in [0.5, 0.6) is 0 Å². The van der Waals surface area contributed by atoms with Crippen molar-refractivity contribution < 1.29 is 0 Å². The zero-order valence-electron chi connectivity index (χ0n) is 8.09. The van der Waals surface area contributed by atoms with Crippen molar-refractivity contribution in [3.05, 3.63) is 0 Å². The van der Waals surface area contributed by atoms with Crippen molar-refractivity contribution >= 4 is 17.1 Å². The van der Waals surface area contributed by atoms with Gasteiger partial charge in [0, 0.05) is 12.1 Å². The quantitative estimate of drug-likeness (QED) is 0.384. The van der Waals surface area contributed by atoms with Gasteiger partial charge in [-0.15, -0.1) is 9.24 Å². The van der Waals surface area contributed by atoms with Crippen LogP contribution in [0.3, 0.4) is 0 Å². The average Bonchev–Trinajstić information content (AvgIpc) is 2.11. The fraction of sp³-hybridized carbons (Fsp3) is 1.00. The highest BCUT2D eigenvalue weighted by atomic mass is 31.0. The lowest BCUT2D eigenvalue weighted by molar-refractivity contribution is 0.176. The molecule has 0 N–H and O–H groups in total. The van der Waals surface area contributed by atoms with E-state index in [9.17, 15) is 0 Å². The number of hydrogen-bond acceptors (Lipinski definition) is 1. The van der Waals surface area contributed by atoms with Crippen molar-refractivity contribution in [3.63, 3.8) is 0 Å². The van der Waals surface area contributed by atoms with E-state index in [1.165, 1.54) is 13.1 Å². The van der Waals surface area contributed by atoms with Crippen LogP contribution in [0.15, 0.2) is 0 Å². The minimum atomic E-state index is 0.361. The molecule has 3 heteroatoms. The Labute approximate surface area is 73.5 Å². The van der Waals surface area contributed by atoms with Gasteiger partial charge in [-0.2, -0.15) is 0 Å². The summed E-state index contributed by atoms with van der Waals surface area (Å²) in [6.45, 7) is 9.39. The third kappa shape index (κ3) is 2.19. The molecule has 0 saturated carbocycles. The van der Waals surface area contributed by atoms with Crippen LogP contribution in [-0.4, -0.2) is 37.0 Å². The standard InChI is InChI=1S/C8H19BNP/c1-8(2,3)10-4-6(9)7(11)5-10/h6-7H,4-5,9,11H2,1-3H3/t6?,7-/m1/s1. The fourth-order valence-corrected chi connectivity index (χ4v) is 1.92. The number of hydrogen-bond donors (Lipinski definition) is 0. The molecule has 0 aliphatic carbocycles. The molecule has 2 unspecified atom stereocenters. The molecule has 1 aliphatic rings. The van der Waals surface area contributed by atoms with Crippen molar-refractivity contribution in [2.75, 3.05) is 13.1 Å². The first-order chi connectivity index (χ1) is 4.91. The van der Waals surface area contributed by atoms with Crippen molar-refractivity contribution in [3.8, 4) is 0 Å². The SMILES string of the molecule is BC1CN(C(C)(C)C)C[C@H]1P. The summed E-state index contributed by atoms with van der Waals surface area (Å²) in [5.41, 5.74) is 1.16. The van der Waals surface area contributed by atoms with Gasteiger partial charge in [0.2, 0.25) is 0 Å². The Morgan fingerprint density at radius 2 is 1.91 bits per heavy atom. The van der Waals surface area contributed by atoms with Gasteiger partial charge in [0.05, 0.1) is 0 Å². The predicted molar refractivity (Wildman–Crippen MR) is 57.1 cm³/mol. The van der Waals surface area contributed by atoms with E-state index in [-0.39, 0.29) is 0 Å². The van der Waals surface area contributed by atoms with E-state index in [0.717, 1.165) is 11.5 Å². The maximum atomic E-state index is 2.95. The van der Waals surface area contributed by atoms with Gasteiger partial charge in [0.1, 0.15) is 7.85 Å². The molecule has 0 bridgehead atoms. The topological polar surface area (TPSA) is 3.24 Å². The normalized spacial score (nSPS) is 34.5. The van der Waals surface area contributed by atoms with Crippen LogP contribution in [0.4, 0.5) is 0 Å². The fourth-order valence-electron chi connectivity index (χ4n) is 1.54. The zero-order chi connectivity index (χ0) is 8.65. The number of nitrogens with zero attached hydrogens (tertiary/aromatic N) is 1. The van der Waals surface area contributed by atoms with Gasteiger partial charge in [-0.05, 0) is 38.8 Å². The monoisotopic (exact) mass is 171 g/mol. The van der Waals surface area contributed by atoms with Crippen molar-refractivity contribution in [2.45, 2.75) is 37.8 Å². The Balaban J connectivity index is 2.54. The summed E-state index contributed by atoms with van der Waals surface area (Å²) < 4.78 is 0. The summed E-state index contributed by atoms with van der Waals surface area (Å²) in [4.78, 5) is 2.56. The smallest absolute Gasteiger partial charge is 0.107 e.